The van der Waals surface area contributed by atoms with Gasteiger partial charge in [0, 0.05) is 52.7 Å². The normalized spacial score (nSPS) is 18.8. The largest absolute Gasteiger partial charge is 0.458 e. The number of aliphatic hydroxyl groups excluding tert-OH is 1. The van der Waals surface area contributed by atoms with Crippen LogP contribution in [-0.4, -0.2) is 138 Å². The Labute approximate surface area is 494 Å². The number of esters is 1. The summed E-state index contributed by atoms with van der Waals surface area (Å²) < 4.78 is 10.8. The van der Waals surface area contributed by atoms with Gasteiger partial charge in [-0.25, -0.2) is 39.7 Å². The summed E-state index contributed by atoms with van der Waals surface area (Å²) >= 11 is 6.70. The number of nitrogens with one attached hydrogen (secondary N) is 6. The maximum Gasteiger partial charge on any atom is 0.357 e. The van der Waals surface area contributed by atoms with E-state index in [2.05, 4.69) is 46.9 Å². The van der Waals surface area contributed by atoms with Gasteiger partial charge in [0.1, 0.15) is 90.0 Å². The van der Waals surface area contributed by atoms with Crippen molar-refractivity contribution < 1.29 is 52.9 Å². The van der Waals surface area contributed by atoms with E-state index >= 15 is 0 Å². The van der Waals surface area contributed by atoms with Crippen molar-refractivity contribution in [3.8, 4) is 43.4 Å². The topological polar surface area (TPSA) is 341 Å². The molecule has 2 unspecified atom stereocenters. The van der Waals surface area contributed by atoms with E-state index in [1.54, 1.807) is 65.5 Å². The Hall–Kier alpha value is -8.17. The summed E-state index contributed by atoms with van der Waals surface area (Å²) in [7, 11) is 2.87. The lowest BCUT2D eigenvalue weighted by molar-refractivity contribution is -0.148. The number of hydrogen-bond acceptors (Lipinski definition) is 24. The Morgan fingerprint density at radius 2 is 1.51 bits per heavy atom. The highest BCUT2D eigenvalue weighted by Gasteiger charge is 2.43. The molecule has 426 valence electrons. The van der Waals surface area contributed by atoms with Crippen molar-refractivity contribution >= 4 is 120 Å². The molecule has 5 atom stereocenters. The summed E-state index contributed by atoms with van der Waals surface area (Å²) in [5.74, 6) is -4.61. The van der Waals surface area contributed by atoms with Gasteiger partial charge in [0.2, 0.25) is 23.6 Å². The van der Waals surface area contributed by atoms with Crippen LogP contribution in [0.15, 0.2) is 64.0 Å². The van der Waals surface area contributed by atoms with E-state index in [-0.39, 0.29) is 64.4 Å². The molecule has 2 fully saturated rings. The molecule has 0 aliphatic carbocycles. The molecule has 10 heterocycles. The summed E-state index contributed by atoms with van der Waals surface area (Å²) in [6.07, 6.45) is -0.269. The van der Waals surface area contributed by atoms with Crippen molar-refractivity contribution in [1.29, 1.82) is 0 Å². The molecule has 7 N–H and O–H groups in total. The fourth-order valence-electron chi connectivity index (χ4n) is 9.19. The number of benzene rings is 1. The number of piperazine rings is 1. The number of methoxy groups -OCH3 is 1. The third-order valence-corrected chi connectivity index (χ3v) is 18.8. The molecule has 0 spiro atoms. The number of carbonyl (C=O) groups is 8. The molecule has 83 heavy (non-hydrogen) atoms. The van der Waals surface area contributed by atoms with Crippen LogP contribution >= 0.6 is 68.0 Å². The van der Waals surface area contributed by atoms with Crippen molar-refractivity contribution in [3.63, 3.8) is 0 Å². The molecule has 10 bridgehead atoms. The number of pyridine rings is 1. The van der Waals surface area contributed by atoms with Crippen LogP contribution in [0.4, 0.5) is 5.13 Å². The van der Waals surface area contributed by atoms with E-state index < -0.39 is 72.3 Å². The third-order valence-electron chi connectivity index (χ3n) is 13.3. The highest BCUT2D eigenvalue weighted by atomic mass is 32.1. The summed E-state index contributed by atoms with van der Waals surface area (Å²) in [6.45, 7) is 1.11. The van der Waals surface area contributed by atoms with Crippen LogP contribution in [0.2, 0.25) is 0 Å². The summed E-state index contributed by atoms with van der Waals surface area (Å²) in [6, 6.07) is 8.39. The zero-order valence-corrected chi connectivity index (χ0v) is 48.6. The van der Waals surface area contributed by atoms with Crippen molar-refractivity contribution in [3.05, 3.63) is 112 Å². The highest BCUT2D eigenvalue weighted by molar-refractivity contribution is 7.16. The number of carbonyl (C=O) groups excluding carboxylic acids is 8. The van der Waals surface area contributed by atoms with Crippen LogP contribution in [-0.2, 0) is 35.3 Å². The van der Waals surface area contributed by atoms with E-state index in [9.17, 15) is 43.5 Å². The number of aliphatic hydroxyl groups is 1. The van der Waals surface area contributed by atoms with Gasteiger partial charge in [-0.2, -0.15) is 0 Å². The lowest BCUT2D eigenvalue weighted by Gasteiger charge is -2.34. The Kier molecular flexibility index (Phi) is 16.6. The molecule has 1 aromatic carbocycles. The number of amides is 7. The van der Waals surface area contributed by atoms with Crippen molar-refractivity contribution in [2.24, 2.45) is 0 Å². The van der Waals surface area contributed by atoms with Gasteiger partial charge in [-0.3, -0.25) is 38.9 Å². The van der Waals surface area contributed by atoms with Crippen LogP contribution in [0, 0.1) is 6.92 Å². The average molecular weight is 1240 g/mol. The summed E-state index contributed by atoms with van der Waals surface area (Å²) in [5, 5.41) is 36.3. The monoisotopic (exact) mass is 1230 g/mol. The summed E-state index contributed by atoms with van der Waals surface area (Å²) in [5.41, 5.74) is 2.12. The molecule has 7 aromatic heterocycles. The van der Waals surface area contributed by atoms with Crippen molar-refractivity contribution in [2.75, 3.05) is 39.2 Å². The number of fused-ring (bicyclic) bond motifs is 15. The second-order valence-corrected chi connectivity index (χ2v) is 24.5. The minimum atomic E-state index is -1.30. The number of ether oxygens (including phenoxy) is 2. The number of aryl methyl sites for hydroxylation is 1. The Balaban J connectivity index is 0.946. The first-order chi connectivity index (χ1) is 40.1. The number of anilines is 1. The van der Waals surface area contributed by atoms with E-state index in [1.807, 2.05) is 0 Å². The van der Waals surface area contributed by atoms with Crippen LogP contribution in [0.5, 0.6) is 0 Å². The summed E-state index contributed by atoms with van der Waals surface area (Å²) in [4.78, 5) is 143. The number of nitrogens with zero attached hydrogens (tertiary/aromatic N) is 8. The lowest BCUT2D eigenvalue weighted by Crippen LogP contribution is -2.62. The van der Waals surface area contributed by atoms with Crippen LogP contribution < -0.4 is 31.9 Å². The maximum absolute atomic E-state index is 14.2. The molecule has 8 aromatic rings. The van der Waals surface area contributed by atoms with Crippen molar-refractivity contribution in [2.45, 2.75) is 63.1 Å². The minimum absolute atomic E-state index is 0.0112. The van der Waals surface area contributed by atoms with Gasteiger partial charge in [-0.05, 0) is 37.5 Å². The first-order valence-corrected chi connectivity index (χ1v) is 30.5. The predicted octanol–water partition coefficient (Wildman–Crippen LogP) is 5.08. The Morgan fingerprint density at radius 1 is 0.747 bits per heavy atom. The van der Waals surface area contributed by atoms with Gasteiger partial charge in [0.05, 0.1) is 36.2 Å². The second-order valence-electron chi connectivity index (χ2n) is 18.7. The molecular formula is C52H46N14O11S6. The minimum Gasteiger partial charge on any atom is -0.458 e. The Bertz CT molecular complexity index is 3850. The molecule has 11 rings (SSSR count). The van der Waals surface area contributed by atoms with Gasteiger partial charge < -0.3 is 46.1 Å². The van der Waals surface area contributed by atoms with E-state index in [0.717, 1.165) is 56.7 Å². The van der Waals surface area contributed by atoms with Crippen LogP contribution in [0.3, 0.4) is 0 Å². The van der Waals surface area contributed by atoms with Gasteiger partial charge in [-0.1, -0.05) is 41.7 Å². The third kappa shape index (κ3) is 12.0. The maximum atomic E-state index is 14.2. The molecule has 3 aliphatic rings. The zero-order chi connectivity index (χ0) is 58.1. The van der Waals surface area contributed by atoms with Gasteiger partial charge in [-0.15, -0.1) is 56.7 Å². The number of rotatable bonds is 10. The first-order valence-electron chi connectivity index (χ1n) is 25.3. The first kappa shape index (κ1) is 56.7. The Morgan fingerprint density at radius 3 is 2.31 bits per heavy atom. The number of thiazole rings is 6. The SMILES string of the molecule is CNC(=O)C[C@@H]1NC(=O)c2csc(n2)-c2ccc(-c3nc(C(=O)OCC4NC(=O)C5CCCN5C4=O)cs3)nc2-c2csc(n2)-c2csc(n2)[C@H]([C@@H](O)c2ccccc2)NC(=O)CNC(=O)c2nc(sc2COC)NC(=O)c2nc1sc2C. The highest BCUT2D eigenvalue weighted by Crippen LogP contribution is 2.40. The van der Waals surface area contributed by atoms with E-state index in [4.69, 9.17) is 29.4 Å². The van der Waals surface area contributed by atoms with Gasteiger partial charge >= 0.3 is 5.97 Å². The van der Waals surface area contributed by atoms with Crippen LogP contribution in [0.1, 0.15) is 105 Å². The zero-order valence-electron chi connectivity index (χ0n) is 43.7. The molecule has 25 nitrogen and oxygen atoms in total. The smallest absolute Gasteiger partial charge is 0.357 e. The van der Waals surface area contributed by atoms with E-state index in [1.165, 1.54) is 35.8 Å². The lowest BCUT2D eigenvalue weighted by atomic mass is 10.0. The fraction of sp³-hybridized carbons (Fsp3) is 0.288. The number of aromatic nitrogens is 7. The van der Waals surface area contributed by atoms with E-state index in [0.29, 0.717) is 83.1 Å². The molecule has 3 aliphatic heterocycles. The molecule has 31 heteroatoms. The van der Waals surface area contributed by atoms with Gasteiger partial charge in [0.25, 0.3) is 17.7 Å². The average Bonchev–Trinajstić information content (AvgIpc) is 4.54. The quantitative estimate of drug-likeness (QED) is 0.0877. The van der Waals surface area contributed by atoms with Gasteiger partial charge in [0.15, 0.2) is 10.8 Å². The fourth-order valence-corrected chi connectivity index (χ4v) is 14.4. The molecular weight excluding hydrogens is 1190 g/mol. The number of hydrogen-bond donors (Lipinski definition) is 7. The molecule has 0 saturated carbocycles. The van der Waals surface area contributed by atoms with Crippen molar-refractivity contribution in [1.82, 2.24) is 66.4 Å². The standard InChI is InChI=1S/C52H46N14O11S6/c1-22-36-44(73)65-52-64-38(33(83-52)17-76-3)43(72)54-15-35(68)62-39(40(69)23-8-5-4-6-9-23)49-60-30(20-81-49)47-58-28(18-79-47)37-24(45-59-29(19-78-45)41(70)56-26(14-34(67)53-2)48(63-36)82-22)11-12-25(55-37)46-61-31(21-80-46)51(75)77-16-27-50(74)66-13-7-10-32(66)42(71)57-27/h4-6,8-9,11-12,18-21,26-27,32,39-40,69H,7,10,13-17H2,1-3H3,(H,53,67)(H,54,72)(H,56,70)(H,57,71)(H,62,68)(H,64,65,73)/t26-,27?,32?,39-,40-/m0/s1. The van der Waals surface area contributed by atoms with Crippen LogP contribution in [0.25, 0.3) is 43.4 Å². The molecule has 2 saturated heterocycles. The second kappa shape index (κ2) is 24.3. The predicted molar refractivity (Wildman–Crippen MR) is 307 cm³/mol. The molecule has 0 radical (unpaired) electrons. The molecule has 7 amide bonds.